The number of aromatic hydroxyl groups is 1. The lowest BCUT2D eigenvalue weighted by molar-refractivity contribution is 0.469. The molecule has 2 nitrogen and oxygen atoms in total. The number of phenolic OH excluding ortho intramolecular Hbond substituents is 1. The summed E-state index contributed by atoms with van der Waals surface area (Å²) in [5, 5.41) is 13.2. The Hall–Kier alpha value is -1.45. The van der Waals surface area contributed by atoms with E-state index in [4.69, 9.17) is 23.2 Å². The van der Waals surface area contributed by atoms with Crippen LogP contribution >= 0.6 is 23.2 Å². The van der Waals surface area contributed by atoms with Crippen LogP contribution in [-0.4, -0.2) is 5.11 Å². The first-order valence-corrected chi connectivity index (χ1v) is 5.99. The van der Waals surface area contributed by atoms with E-state index in [1.165, 1.54) is 12.1 Å². The van der Waals surface area contributed by atoms with Gasteiger partial charge in [0.2, 0.25) is 0 Å². The summed E-state index contributed by atoms with van der Waals surface area (Å²) in [7, 11) is 0. The van der Waals surface area contributed by atoms with Crippen molar-refractivity contribution in [3.63, 3.8) is 0 Å². The highest BCUT2D eigenvalue weighted by Crippen LogP contribution is 2.27. The van der Waals surface area contributed by atoms with Crippen molar-refractivity contribution < 1.29 is 9.50 Å². The monoisotopic (exact) mass is 285 g/mol. The Kier molecular flexibility index (Phi) is 3.94. The third kappa shape index (κ3) is 2.86. The van der Waals surface area contributed by atoms with Crippen LogP contribution in [0, 0.1) is 5.82 Å². The lowest BCUT2D eigenvalue weighted by Gasteiger charge is -2.10. The normalized spacial score (nSPS) is 10.4. The maximum absolute atomic E-state index is 13.0. The molecule has 2 aromatic rings. The molecule has 0 atom stereocenters. The lowest BCUT2D eigenvalue weighted by Crippen LogP contribution is -2.00. The van der Waals surface area contributed by atoms with Gasteiger partial charge in [-0.3, -0.25) is 0 Å². The molecular weight excluding hydrogens is 276 g/mol. The Morgan fingerprint density at radius 2 is 1.89 bits per heavy atom. The van der Waals surface area contributed by atoms with Crippen LogP contribution < -0.4 is 5.32 Å². The van der Waals surface area contributed by atoms with Gasteiger partial charge in [-0.1, -0.05) is 29.3 Å². The number of hydrogen-bond acceptors (Lipinski definition) is 2. The van der Waals surface area contributed by atoms with Crippen molar-refractivity contribution in [1.29, 1.82) is 0 Å². The topological polar surface area (TPSA) is 32.3 Å². The van der Waals surface area contributed by atoms with Gasteiger partial charge in [-0.2, -0.15) is 0 Å². The standard InChI is InChI=1S/C13H10Cl2FNO/c14-10-2-1-3-13(18)9(10)7-17-8-4-5-12(16)11(15)6-8/h1-6,17-18H,7H2. The van der Waals surface area contributed by atoms with Crippen molar-refractivity contribution >= 4 is 28.9 Å². The smallest absolute Gasteiger partial charge is 0.141 e. The number of rotatable bonds is 3. The predicted molar refractivity (Wildman–Crippen MR) is 71.9 cm³/mol. The number of halogens is 3. The summed E-state index contributed by atoms with van der Waals surface area (Å²) in [6, 6.07) is 9.23. The van der Waals surface area contributed by atoms with Gasteiger partial charge in [-0.25, -0.2) is 4.39 Å². The molecule has 0 fully saturated rings. The van der Waals surface area contributed by atoms with Crippen LogP contribution in [0.5, 0.6) is 5.75 Å². The van der Waals surface area contributed by atoms with Crippen molar-refractivity contribution in [3.8, 4) is 5.75 Å². The van der Waals surface area contributed by atoms with Crippen molar-refractivity contribution in [1.82, 2.24) is 0 Å². The second-order valence-electron chi connectivity index (χ2n) is 3.72. The second kappa shape index (κ2) is 5.46. The minimum atomic E-state index is -0.470. The van der Waals surface area contributed by atoms with Gasteiger partial charge < -0.3 is 10.4 Å². The highest BCUT2D eigenvalue weighted by atomic mass is 35.5. The van der Waals surface area contributed by atoms with Crippen LogP contribution in [-0.2, 0) is 6.54 Å². The third-order valence-electron chi connectivity index (χ3n) is 2.48. The largest absolute Gasteiger partial charge is 0.508 e. The summed E-state index contributed by atoms with van der Waals surface area (Å²) in [6.45, 7) is 0.327. The van der Waals surface area contributed by atoms with E-state index >= 15 is 0 Å². The van der Waals surface area contributed by atoms with Gasteiger partial charge in [-0.05, 0) is 30.3 Å². The second-order valence-corrected chi connectivity index (χ2v) is 4.53. The van der Waals surface area contributed by atoms with Gasteiger partial charge in [0, 0.05) is 22.8 Å². The summed E-state index contributed by atoms with van der Waals surface area (Å²) in [5.41, 5.74) is 1.24. The van der Waals surface area contributed by atoms with Gasteiger partial charge in [0.05, 0.1) is 5.02 Å². The van der Waals surface area contributed by atoms with Crippen LogP contribution in [0.25, 0.3) is 0 Å². The van der Waals surface area contributed by atoms with E-state index in [1.807, 2.05) is 0 Å². The summed E-state index contributed by atoms with van der Waals surface area (Å²) in [5.74, 6) is -0.356. The zero-order valence-electron chi connectivity index (χ0n) is 9.25. The molecule has 0 heterocycles. The predicted octanol–water partition coefficient (Wildman–Crippen LogP) is 4.45. The fourth-order valence-electron chi connectivity index (χ4n) is 1.52. The average molecular weight is 286 g/mol. The van der Waals surface area contributed by atoms with E-state index in [9.17, 15) is 9.50 Å². The molecule has 2 N–H and O–H groups in total. The van der Waals surface area contributed by atoms with Crippen molar-refractivity contribution in [2.24, 2.45) is 0 Å². The molecule has 5 heteroatoms. The highest BCUT2D eigenvalue weighted by Gasteiger charge is 2.06. The van der Waals surface area contributed by atoms with E-state index in [1.54, 1.807) is 24.3 Å². The summed E-state index contributed by atoms with van der Waals surface area (Å²) in [4.78, 5) is 0. The lowest BCUT2D eigenvalue weighted by atomic mass is 10.2. The molecule has 0 aromatic heterocycles. The molecule has 18 heavy (non-hydrogen) atoms. The van der Waals surface area contributed by atoms with E-state index in [2.05, 4.69) is 5.32 Å². The molecule has 0 aliphatic rings. The average Bonchev–Trinajstić information content (AvgIpc) is 2.33. The molecule has 0 bridgehead atoms. The van der Waals surface area contributed by atoms with E-state index in [0.29, 0.717) is 22.8 Å². The first-order chi connectivity index (χ1) is 8.58. The van der Waals surface area contributed by atoms with Crippen molar-refractivity contribution in [3.05, 3.63) is 57.8 Å². The van der Waals surface area contributed by atoms with E-state index in [0.717, 1.165) is 0 Å². The zero-order valence-corrected chi connectivity index (χ0v) is 10.8. The fourth-order valence-corrected chi connectivity index (χ4v) is 1.94. The van der Waals surface area contributed by atoms with Gasteiger partial charge in [-0.15, -0.1) is 0 Å². The summed E-state index contributed by atoms with van der Waals surface area (Å²) in [6.07, 6.45) is 0. The SMILES string of the molecule is Oc1cccc(Cl)c1CNc1ccc(F)c(Cl)c1. The molecular formula is C13H10Cl2FNO. The summed E-state index contributed by atoms with van der Waals surface area (Å²) >= 11 is 11.6. The molecule has 0 unspecified atom stereocenters. The molecule has 0 amide bonds. The first kappa shape index (κ1) is 13.0. The van der Waals surface area contributed by atoms with Crippen LogP contribution in [0.1, 0.15) is 5.56 Å². The maximum Gasteiger partial charge on any atom is 0.141 e. The molecule has 2 aromatic carbocycles. The summed E-state index contributed by atoms with van der Waals surface area (Å²) < 4.78 is 13.0. The molecule has 0 aliphatic carbocycles. The number of hydrogen-bond donors (Lipinski definition) is 2. The Bertz CT molecular complexity index is 555. The van der Waals surface area contributed by atoms with Crippen molar-refractivity contribution in [2.45, 2.75) is 6.54 Å². The quantitative estimate of drug-likeness (QED) is 0.873. The Morgan fingerprint density at radius 3 is 2.56 bits per heavy atom. The van der Waals surface area contributed by atoms with Crippen LogP contribution in [0.3, 0.4) is 0 Å². The molecule has 0 saturated heterocycles. The van der Waals surface area contributed by atoms with Crippen LogP contribution in [0.4, 0.5) is 10.1 Å². The van der Waals surface area contributed by atoms with Crippen LogP contribution in [0.2, 0.25) is 10.0 Å². The van der Waals surface area contributed by atoms with E-state index in [-0.39, 0.29) is 10.8 Å². The molecule has 0 spiro atoms. The minimum Gasteiger partial charge on any atom is -0.508 e. The number of benzene rings is 2. The molecule has 0 saturated carbocycles. The molecule has 2 rings (SSSR count). The van der Waals surface area contributed by atoms with Gasteiger partial charge in [0.25, 0.3) is 0 Å². The van der Waals surface area contributed by atoms with E-state index < -0.39 is 5.82 Å². The maximum atomic E-state index is 13.0. The zero-order chi connectivity index (χ0) is 13.1. The number of phenols is 1. The molecule has 94 valence electrons. The van der Waals surface area contributed by atoms with Gasteiger partial charge in [0.15, 0.2) is 0 Å². The fraction of sp³-hybridized carbons (Fsp3) is 0.0769. The van der Waals surface area contributed by atoms with Crippen molar-refractivity contribution in [2.75, 3.05) is 5.32 Å². The third-order valence-corrected chi connectivity index (χ3v) is 3.13. The Morgan fingerprint density at radius 1 is 1.11 bits per heavy atom. The molecule has 0 radical (unpaired) electrons. The first-order valence-electron chi connectivity index (χ1n) is 5.23. The van der Waals surface area contributed by atoms with Crippen LogP contribution in [0.15, 0.2) is 36.4 Å². The Labute approximate surface area is 114 Å². The minimum absolute atomic E-state index is 0.0448. The number of anilines is 1. The molecule has 0 aliphatic heterocycles. The van der Waals surface area contributed by atoms with Gasteiger partial charge >= 0.3 is 0 Å². The number of nitrogens with one attached hydrogen (secondary N) is 1. The highest BCUT2D eigenvalue weighted by molar-refractivity contribution is 6.31. The van der Waals surface area contributed by atoms with Gasteiger partial charge in [0.1, 0.15) is 11.6 Å². The Balaban J connectivity index is 2.14.